The van der Waals surface area contributed by atoms with Gasteiger partial charge in [-0.05, 0) is 45.5 Å². The monoisotopic (exact) mass is 266 g/mol. The van der Waals surface area contributed by atoms with Crippen LogP contribution in [-0.2, 0) is 0 Å². The first-order valence-electron chi connectivity index (χ1n) is 6.83. The Morgan fingerprint density at radius 3 is 2.63 bits per heavy atom. The number of rotatable bonds is 2. The van der Waals surface area contributed by atoms with E-state index in [0.717, 1.165) is 25.3 Å². The molecule has 4 heteroatoms. The van der Waals surface area contributed by atoms with E-state index >= 15 is 0 Å². The molecule has 0 radical (unpaired) electrons. The highest BCUT2D eigenvalue weighted by atomic mass is 19.1. The highest BCUT2D eigenvalue weighted by Gasteiger charge is 2.25. The summed E-state index contributed by atoms with van der Waals surface area (Å²) >= 11 is 0. The second-order valence-electron chi connectivity index (χ2n) is 5.64. The molecule has 1 saturated heterocycles. The molecule has 0 saturated carbocycles. The molecular formula is C15H23FN2O. The van der Waals surface area contributed by atoms with Crippen molar-refractivity contribution >= 4 is 5.69 Å². The van der Waals surface area contributed by atoms with Gasteiger partial charge in [0.05, 0.1) is 6.10 Å². The van der Waals surface area contributed by atoms with Crippen LogP contribution in [0.3, 0.4) is 0 Å². The number of hydrogen-bond acceptors (Lipinski definition) is 3. The third-order valence-electron chi connectivity index (χ3n) is 3.90. The Bertz CT molecular complexity index is 462. The number of hydrogen-bond donors (Lipinski definition) is 1. The fourth-order valence-electron chi connectivity index (χ4n) is 2.76. The summed E-state index contributed by atoms with van der Waals surface area (Å²) in [5.41, 5.74) is 2.28. The van der Waals surface area contributed by atoms with Crippen molar-refractivity contribution in [3.8, 4) is 0 Å². The van der Waals surface area contributed by atoms with Crippen LogP contribution < -0.4 is 4.90 Å². The number of aliphatic hydroxyl groups excluding tert-OH is 1. The van der Waals surface area contributed by atoms with E-state index in [-0.39, 0.29) is 5.82 Å². The largest absolute Gasteiger partial charge is 0.389 e. The fraction of sp³-hybridized carbons (Fsp3) is 0.600. The number of benzene rings is 1. The van der Waals surface area contributed by atoms with Crippen molar-refractivity contribution in [2.75, 3.05) is 31.6 Å². The van der Waals surface area contributed by atoms with Crippen LogP contribution in [0.5, 0.6) is 0 Å². The smallest absolute Gasteiger partial charge is 0.126 e. The summed E-state index contributed by atoms with van der Waals surface area (Å²) in [5, 5.41) is 9.89. The van der Waals surface area contributed by atoms with E-state index in [4.69, 9.17) is 0 Å². The zero-order valence-electron chi connectivity index (χ0n) is 12.2. The molecule has 2 rings (SSSR count). The normalized spacial score (nSPS) is 22.6. The lowest BCUT2D eigenvalue weighted by atomic mass is 10.0. The lowest BCUT2D eigenvalue weighted by Crippen LogP contribution is -2.50. The maximum Gasteiger partial charge on any atom is 0.126 e. The van der Waals surface area contributed by atoms with E-state index in [1.165, 1.54) is 6.07 Å². The summed E-state index contributed by atoms with van der Waals surface area (Å²) in [7, 11) is 2.11. The van der Waals surface area contributed by atoms with Gasteiger partial charge in [0, 0.05) is 36.9 Å². The molecule has 2 atom stereocenters. The molecule has 106 valence electrons. The molecule has 0 aliphatic carbocycles. The lowest BCUT2D eigenvalue weighted by molar-refractivity contribution is 0.198. The fourth-order valence-corrected chi connectivity index (χ4v) is 2.76. The Morgan fingerprint density at radius 1 is 1.37 bits per heavy atom. The molecule has 1 aromatic rings. The Morgan fingerprint density at radius 2 is 2.05 bits per heavy atom. The minimum atomic E-state index is -0.656. The molecule has 1 aliphatic heterocycles. The van der Waals surface area contributed by atoms with Gasteiger partial charge >= 0.3 is 0 Å². The summed E-state index contributed by atoms with van der Waals surface area (Å²) in [6.07, 6.45) is -0.656. The van der Waals surface area contributed by atoms with Crippen LogP contribution in [0, 0.1) is 12.7 Å². The van der Waals surface area contributed by atoms with Crippen molar-refractivity contribution in [3.63, 3.8) is 0 Å². The number of piperazine rings is 1. The summed E-state index contributed by atoms with van der Waals surface area (Å²) in [4.78, 5) is 4.56. The van der Waals surface area contributed by atoms with Crippen molar-refractivity contribution in [3.05, 3.63) is 29.1 Å². The molecule has 0 amide bonds. The molecule has 0 aromatic heterocycles. The molecule has 3 nitrogen and oxygen atoms in total. The topological polar surface area (TPSA) is 26.7 Å². The SMILES string of the molecule is Cc1cc(N2CCN(C)CC2C)c([C@H](C)O)cc1F. The van der Waals surface area contributed by atoms with Gasteiger partial charge in [0.1, 0.15) is 5.82 Å². The van der Waals surface area contributed by atoms with Gasteiger partial charge in [-0.1, -0.05) is 0 Å². The number of likely N-dealkylation sites (N-methyl/N-ethyl adjacent to an activating group) is 1. The molecule has 1 unspecified atom stereocenters. The van der Waals surface area contributed by atoms with E-state index < -0.39 is 6.10 Å². The van der Waals surface area contributed by atoms with Crippen molar-refractivity contribution < 1.29 is 9.50 Å². The Kier molecular flexibility index (Phi) is 4.11. The molecule has 0 bridgehead atoms. The number of halogens is 1. The lowest BCUT2D eigenvalue weighted by Gasteiger charge is -2.41. The van der Waals surface area contributed by atoms with E-state index in [1.807, 2.05) is 6.07 Å². The Hall–Kier alpha value is -1.13. The molecular weight excluding hydrogens is 243 g/mol. The molecule has 19 heavy (non-hydrogen) atoms. The van der Waals surface area contributed by atoms with Crippen molar-refractivity contribution in [1.82, 2.24) is 4.90 Å². The number of aliphatic hydroxyl groups is 1. The van der Waals surface area contributed by atoms with Crippen LogP contribution in [0.25, 0.3) is 0 Å². The number of aryl methyl sites for hydroxylation is 1. The Balaban J connectivity index is 2.40. The van der Waals surface area contributed by atoms with Crippen LogP contribution in [0.15, 0.2) is 12.1 Å². The average Bonchev–Trinajstić information content (AvgIpc) is 2.32. The van der Waals surface area contributed by atoms with Gasteiger partial charge in [-0.15, -0.1) is 0 Å². The number of anilines is 1. The summed E-state index contributed by atoms with van der Waals surface area (Å²) in [6, 6.07) is 3.70. The predicted molar refractivity (Wildman–Crippen MR) is 76.1 cm³/mol. The molecule has 1 fully saturated rings. The maximum absolute atomic E-state index is 13.7. The van der Waals surface area contributed by atoms with Gasteiger partial charge in [0.15, 0.2) is 0 Å². The zero-order valence-corrected chi connectivity index (χ0v) is 12.2. The molecule has 1 aromatic carbocycles. The highest BCUT2D eigenvalue weighted by molar-refractivity contribution is 5.57. The highest BCUT2D eigenvalue weighted by Crippen LogP contribution is 2.31. The molecule has 1 heterocycles. The van der Waals surface area contributed by atoms with Crippen molar-refractivity contribution in [2.24, 2.45) is 0 Å². The quantitative estimate of drug-likeness (QED) is 0.890. The second-order valence-corrected chi connectivity index (χ2v) is 5.64. The summed E-state index contributed by atoms with van der Waals surface area (Å²) in [5.74, 6) is -0.249. The van der Waals surface area contributed by atoms with Crippen LogP contribution in [0.4, 0.5) is 10.1 Å². The summed E-state index contributed by atoms with van der Waals surface area (Å²) < 4.78 is 13.7. The van der Waals surface area contributed by atoms with Gasteiger partial charge in [-0.2, -0.15) is 0 Å². The van der Waals surface area contributed by atoms with Gasteiger partial charge in [0.2, 0.25) is 0 Å². The van der Waals surface area contributed by atoms with Crippen LogP contribution >= 0.6 is 0 Å². The van der Waals surface area contributed by atoms with Crippen LogP contribution in [-0.4, -0.2) is 42.7 Å². The van der Waals surface area contributed by atoms with Crippen molar-refractivity contribution in [2.45, 2.75) is 32.9 Å². The minimum Gasteiger partial charge on any atom is -0.389 e. The average molecular weight is 266 g/mol. The van der Waals surface area contributed by atoms with E-state index in [2.05, 4.69) is 23.8 Å². The molecule has 1 aliphatic rings. The minimum absolute atomic E-state index is 0.249. The van der Waals surface area contributed by atoms with Gasteiger partial charge < -0.3 is 14.9 Å². The van der Waals surface area contributed by atoms with Gasteiger partial charge in [-0.25, -0.2) is 4.39 Å². The Labute approximate surface area is 114 Å². The molecule has 0 spiro atoms. The first-order valence-corrected chi connectivity index (χ1v) is 6.83. The number of nitrogens with zero attached hydrogens (tertiary/aromatic N) is 2. The van der Waals surface area contributed by atoms with E-state index in [1.54, 1.807) is 13.8 Å². The van der Waals surface area contributed by atoms with E-state index in [9.17, 15) is 9.50 Å². The maximum atomic E-state index is 13.7. The second kappa shape index (κ2) is 5.47. The predicted octanol–water partition coefficient (Wildman–Crippen LogP) is 2.33. The first-order chi connectivity index (χ1) is 8.90. The van der Waals surface area contributed by atoms with Gasteiger partial charge in [0.25, 0.3) is 0 Å². The molecule has 1 N–H and O–H groups in total. The van der Waals surface area contributed by atoms with Crippen LogP contribution in [0.2, 0.25) is 0 Å². The van der Waals surface area contributed by atoms with Gasteiger partial charge in [-0.3, -0.25) is 0 Å². The van der Waals surface area contributed by atoms with E-state index in [0.29, 0.717) is 17.2 Å². The standard InChI is InChI=1S/C15H23FN2O/c1-10-7-15(13(12(3)19)8-14(10)16)18-6-5-17(4)9-11(18)2/h7-8,11-12,19H,5-6,9H2,1-4H3/t11?,12-/m0/s1. The summed E-state index contributed by atoms with van der Waals surface area (Å²) in [6.45, 7) is 8.50. The third-order valence-corrected chi connectivity index (χ3v) is 3.90. The zero-order chi connectivity index (χ0) is 14.2. The van der Waals surface area contributed by atoms with Crippen LogP contribution in [0.1, 0.15) is 31.1 Å². The third kappa shape index (κ3) is 2.90. The van der Waals surface area contributed by atoms with Crippen molar-refractivity contribution in [1.29, 1.82) is 0 Å². The first kappa shape index (κ1) is 14.3.